The summed E-state index contributed by atoms with van der Waals surface area (Å²) in [4.78, 5) is 13.7. The van der Waals surface area contributed by atoms with Crippen LogP contribution in [0.15, 0.2) is 0 Å². The van der Waals surface area contributed by atoms with Crippen LogP contribution in [0.5, 0.6) is 0 Å². The molecule has 4 heteroatoms. The average Bonchev–Trinajstić information content (AvgIpc) is 2.29. The zero-order valence-corrected chi connectivity index (χ0v) is 10.4. The number of carbonyl (C=O) groups excluding carboxylic acids is 1. The van der Waals surface area contributed by atoms with E-state index >= 15 is 0 Å². The molecule has 0 spiro atoms. The highest BCUT2D eigenvalue weighted by molar-refractivity contribution is 7.99. The van der Waals surface area contributed by atoms with Crippen LogP contribution in [-0.4, -0.2) is 41.9 Å². The molecule has 1 aliphatic rings. The van der Waals surface area contributed by atoms with Gasteiger partial charge in [-0.1, -0.05) is 6.92 Å². The molecular formula is C11H22N2OS. The van der Waals surface area contributed by atoms with Gasteiger partial charge >= 0.3 is 0 Å². The van der Waals surface area contributed by atoms with Crippen molar-refractivity contribution in [1.82, 2.24) is 4.90 Å². The summed E-state index contributed by atoms with van der Waals surface area (Å²) in [6.07, 6.45) is 3.31. The van der Waals surface area contributed by atoms with E-state index in [2.05, 4.69) is 6.92 Å². The number of carbonyl (C=O) groups is 1. The molecule has 1 rings (SSSR count). The molecule has 0 radical (unpaired) electrons. The molecule has 0 bridgehead atoms. The monoisotopic (exact) mass is 230 g/mol. The summed E-state index contributed by atoms with van der Waals surface area (Å²) in [5, 5.41) is 0. The quantitative estimate of drug-likeness (QED) is 0.725. The number of hydrogen-bond donors (Lipinski definition) is 1. The fourth-order valence-electron chi connectivity index (χ4n) is 1.81. The Morgan fingerprint density at radius 2 is 2.13 bits per heavy atom. The van der Waals surface area contributed by atoms with Crippen LogP contribution in [0.25, 0.3) is 0 Å². The highest BCUT2D eigenvalue weighted by Gasteiger charge is 2.21. The molecule has 0 aromatic heterocycles. The number of nitrogens with two attached hydrogens (primary N) is 1. The van der Waals surface area contributed by atoms with E-state index in [9.17, 15) is 4.79 Å². The van der Waals surface area contributed by atoms with Gasteiger partial charge in [0.05, 0.1) is 5.75 Å². The average molecular weight is 230 g/mol. The molecule has 0 aliphatic carbocycles. The third-order valence-corrected chi connectivity index (χ3v) is 4.02. The summed E-state index contributed by atoms with van der Waals surface area (Å²) in [7, 11) is 0. The van der Waals surface area contributed by atoms with Crippen LogP contribution in [0.4, 0.5) is 0 Å². The largest absolute Gasteiger partial charge is 0.342 e. The molecule has 0 atom stereocenters. The maximum Gasteiger partial charge on any atom is 0.232 e. The predicted molar refractivity (Wildman–Crippen MR) is 66.0 cm³/mol. The van der Waals surface area contributed by atoms with Gasteiger partial charge in [0.2, 0.25) is 5.91 Å². The molecule has 1 saturated heterocycles. The van der Waals surface area contributed by atoms with E-state index in [4.69, 9.17) is 5.73 Å². The molecule has 0 aromatic rings. The maximum atomic E-state index is 11.7. The summed E-state index contributed by atoms with van der Waals surface area (Å²) in [6.45, 7) is 4.73. The molecule has 15 heavy (non-hydrogen) atoms. The Morgan fingerprint density at radius 1 is 1.47 bits per heavy atom. The van der Waals surface area contributed by atoms with Gasteiger partial charge in [0.25, 0.3) is 0 Å². The Labute approximate surface area is 96.8 Å². The van der Waals surface area contributed by atoms with Crippen molar-refractivity contribution in [2.45, 2.75) is 26.2 Å². The van der Waals surface area contributed by atoms with Gasteiger partial charge in [0.1, 0.15) is 0 Å². The van der Waals surface area contributed by atoms with Crippen molar-refractivity contribution in [2.75, 3.05) is 31.1 Å². The van der Waals surface area contributed by atoms with E-state index in [0.29, 0.717) is 17.6 Å². The lowest BCUT2D eigenvalue weighted by Crippen LogP contribution is -2.40. The molecule has 1 heterocycles. The highest BCUT2D eigenvalue weighted by atomic mass is 32.2. The highest BCUT2D eigenvalue weighted by Crippen LogP contribution is 2.16. The molecular weight excluding hydrogens is 208 g/mol. The van der Waals surface area contributed by atoms with Crippen LogP contribution < -0.4 is 5.73 Å². The minimum absolute atomic E-state index is 0.309. The first-order chi connectivity index (χ1) is 7.27. The van der Waals surface area contributed by atoms with Crippen molar-refractivity contribution in [3.63, 3.8) is 0 Å². The third-order valence-electron chi connectivity index (χ3n) is 2.87. The number of amides is 1. The van der Waals surface area contributed by atoms with E-state index in [1.165, 1.54) is 0 Å². The lowest BCUT2D eigenvalue weighted by Gasteiger charge is -2.31. The number of nitrogens with zero attached hydrogens (tertiary/aromatic N) is 1. The Kier molecular flexibility index (Phi) is 6.10. The molecule has 1 amide bonds. The van der Waals surface area contributed by atoms with Crippen molar-refractivity contribution < 1.29 is 4.79 Å². The molecule has 0 aromatic carbocycles. The van der Waals surface area contributed by atoms with Gasteiger partial charge < -0.3 is 10.6 Å². The van der Waals surface area contributed by atoms with Crippen molar-refractivity contribution in [3.8, 4) is 0 Å². The van der Waals surface area contributed by atoms with Gasteiger partial charge in [-0.3, -0.25) is 4.79 Å². The normalized spacial score (nSPS) is 18.1. The lowest BCUT2D eigenvalue weighted by molar-refractivity contribution is -0.129. The first-order valence-electron chi connectivity index (χ1n) is 5.83. The number of likely N-dealkylation sites (tertiary alicyclic amines) is 1. The fraction of sp³-hybridized carbons (Fsp3) is 0.909. The first kappa shape index (κ1) is 12.8. The van der Waals surface area contributed by atoms with E-state index in [0.717, 1.165) is 44.6 Å². The second-order valence-electron chi connectivity index (χ2n) is 4.11. The third kappa shape index (κ3) is 4.43. The zero-order chi connectivity index (χ0) is 11.1. The van der Waals surface area contributed by atoms with Crippen molar-refractivity contribution in [2.24, 2.45) is 11.7 Å². The van der Waals surface area contributed by atoms with Crippen LogP contribution in [0.1, 0.15) is 26.2 Å². The van der Waals surface area contributed by atoms with E-state index in [1.54, 1.807) is 11.8 Å². The number of rotatable bonds is 5. The van der Waals surface area contributed by atoms with E-state index in [-0.39, 0.29) is 0 Å². The van der Waals surface area contributed by atoms with E-state index in [1.807, 2.05) is 4.90 Å². The minimum atomic E-state index is 0.309. The summed E-state index contributed by atoms with van der Waals surface area (Å²) < 4.78 is 0. The first-order valence-corrected chi connectivity index (χ1v) is 6.99. The van der Waals surface area contributed by atoms with Gasteiger partial charge in [-0.15, -0.1) is 0 Å². The van der Waals surface area contributed by atoms with Gasteiger partial charge in [-0.05, 0) is 37.5 Å². The van der Waals surface area contributed by atoms with Crippen molar-refractivity contribution in [3.05, 3.63) is 0 Å². The van der Waals surface area contributed by atoms with Gasteiger partial charge in [-0.2, -0.15) is 11.8 Å². The summed E-state index contributed by atoms with van der Waals surface area (Å²) >= 11 is 1.75. The predicted octanol–water partition coefficient (Wildman–Crippen LogP) is 1.33. The van der Waals surface area contributed by atoms with Crippen LogP contribution >= 0.6 is 11.8 Å². The molecule has 0 unspecified atom stereocenters. The molecule has 1 aliphatic heterocycles. The van der Waals surface area contributed by atoms with Crippen LogP contribution in [0, 0.1) is 5.92 Å². The van der Waals surface area contributed by atoms with Crippen LogP contribution in [-0.2, 0) is 4.79 Å². The van der Waals surface area contributed by atoms with Crippen molar-refractivity contribution in [1.29, 1.82) is 0 Å². The van der Waals surface area contributed by atoms with Crippen molar-refractivity contribution >= 4 is 17.7 Å². The standard InChI is InChI=1S/C11H22N2OS/c1-2-7-15-9-11(14)13-5-3-10(8-12)4-6-13/h10H,2-9,12H2,1H3. The van der Waals surface area contributed by atoms with E-state index < -0.39 is 0 Å². The second kappa shape index (κ2) is 7.12. The number of hydrogen-bond acceptors (Lipinski definition) is 3. The van der Waals surface area contributed by atoms with Crippen LogP contribution in [0.2, 0.25) is 0 Å². The number of piperidine rings is 1. The summed E-state index contributed by atoms with van der Waals surface area (Å²) in [5.41, 5.74) is 5.62. The Balaban J connectivity index is 2.18. The number of thioether (sulfide) groups is 1. The minimum Gasteiger partial charge on any atom is -0.342 e. The lowest BCUT2D eigenvalue weighted by atomic mass is 9.97. The smallest absolute Gasteiger partial charge is 0.232 e. The Morgan fingerprint density at radius 3 is 2.67 bits per heavy atom. The second-order valence-corrected chi connectivity index (χ2v) is 5.22. The maximum absolute atomic E-state index is 11.7. The van der Waals surface area contributed by atoms with Gasteiger partial charge in [0, 0.05) is 13.1 Å². The molecule has 0 saturated carbocycles. The van der Waals surface area contributed by atoms with Gasteiger partial charge in [0.15, 0.2) is 0 Å². The molecule has 1 fully saturated rings. The van der Waals surface area contributed by atoms with Crippen LogP contribution in [0.3, 0.4) is 0 Å². The summed E-state index contributed by atoms with van der Waals surface area (Å²) in [5.74, 6) is 2.69. The molecule has 3 nitrogen and oxygen atoms in total. The van der Waals surface area contributed by atoms with Gasteiger partial charge in [-0.25, -0.2) is 0 Å². The molecule has 88 valence electrons. The Hall–Kier alpha value is -0.220. The topological polar surface area (TPSA) is 46.3 Å². The Bertz CT molecular complexity index is 191. The molecule has 2 N–H and O–H groups in total. The SMILES string of the molecule is CCCSCC(=O)N1CCC(CN)CC1. The fourth-order valence-corrected chi connectivity index (χ4v) is 2.60. The summed E-state index contributed by atoms with van der Waals surface area (Å²) in [6, 6.07) is 0. The zero-order valence-electron chi connectivity index (χ0n) is 9.58.